The van der Waals surface area contributed by atoms with Crippen LogP contribution >= 0.6 is 0 Å². The highest BCUT2D eigenvalue weighted by molar-refractivity contribution is 6.03. The molecule has 0 amide bonds. The molecule has 0 unspecified atom stereocenters. The minimum atomic E-state index is -0.554. The first-order valence-corrected chi connectivity index (χ1v) is 8.63. The second kappa shape index (κ2) is 6.68. The van der Waals surface area contributed by atoms with Crippen molar-refractivity contribution in [1.29, 1.82) is 0 Å². The summed E-state index contributed by atoms with van der Waals surface area (Å²) in [5, 5.41) is 30.1. The molecule has 3 aromatic carbocycles. The van der Waals surface area contributed by atoms with E-state index < -0.39 is 6.10 Å². The Labute approximate surface area is 156 Å². The summed E-state index contributed by atoms with van der Waals surface area (Å²) in [6.45, 7) is 0. The molecule has 5 nitrogen and oxygen atoms in total. The van der Waals surface area contributed by atoms with Crippen molar-refractivity contribution in [2.24, 2.45) is 0 Å². The zero-order valence-corrected chi connectivity index (χ0v) is 14.4. The van der Waals surface area contributed by atoms with Crippen molar-refractivity contribution in [3.8, 4) is 23.0 Å². The van der Waals surface area contributed by atoms with Crippen molar-refractivity contribution in [3.63, 3.8) is 0 Å². The van der Waals surface area contributed by atoms with E-state index in [0.29, 0.717) is 12.0 Å². The molecule has 1 atom stereocenters. The quantitative estimate of drug-likeness (QED) is 0.653. The predicted octanol–water partition coefficient (Wildman–Crippen LogP) is 4.10. The molecule has 3 aromatic rings. The average Bonchev–Trinajstić information content (AvgIpc) is 2.66. The van der Waals surface area contributed by atoms with Gasteiger partial charge in [0.05, 0.1) is 6.42 Å². The lowest BCUT2D eigenvalue weighted by Gasteiger charge is -2.28. The van der Waals surface area contributed by atoms with Gasteiger partial charge in [-0.1, -0.05) is 42.5 Å². The summed E-state index contributed by atoms with van der Waals surface area (Å²) < 4.78 is 6.07. The molecule has 0 aliphatic carbocycles. The van der Waals surface area contributed by atoms with Gasteiger partial charge in [0.1, 0.15) is 34.7 Å². The number of rotatable bonds is 3. The molecule has 0 aromatic heterocycles. The monoisotopic (exact) mass is 362 g/mol. The number of Topliss-reactive ketones (excluding diaryl/α,β-unsaturated/α-hetero) is 1. The normalized spacial score (nSPS) is 15.9. The molecule has 0 fully saturated rings. The van der Waals surface area contributed by atoms with Crippen LogP contribution < -0.4 is 4.74 Å². The van der Waals surface area contributed by atoms with Gasteiger partial charge < -0.3 is 20.1 Å². The first-order valence-electron chi connectivity index (χ1n) is 8.63. The summed E-state index contributed by atoms with van der Waals surface area (Å²) in [5.74, 6) is -0.309. The van der Waals surface area contributed by atoms with E-state index >= 15 is 0 Å². The van der Waals surface area contributed by atoms with Gasteiger partial charge in [0, 0.05) is 18.1 Å². The first kappa shape index (κ1) is 17.0. The molecule has 1 heterocycles. The Hall–Kier alpha value is -3.47. The molecular weight excluding hydrogens is 344 g/mol. The van der Waals surface area contributed by atoms with Crippen molar-refractivity contribution in [2.75, 3.05) is 0 Å². The van der Waals surface area contributed by atoms with Crippen LogP contribution in [0.3, 0.4) is 0 Å². The van der Waals surface area contributed by atoms with Crippen molar-refractivity contribution in [1.82, 2.24) is 0 Å². The van der Waals surface area contributed by atoms with Crippen LogP contribution in [-0.4, -0.2) is 21.1 Å². The SMILES string of the molecule is O=C1C[C@@H](c2ccc(O)cc2)Oc2c(Cc3ccccc3)c(O)cc(O)c21. The summed E-state index contributed by atoms with van der Waals surface area (Å²) in [6, 6.07) is 17.2. The molecule has 0 bridgehead atoms. The second-order valence-electron chi connectivity index (χ2n) is 6.59. The van der Waals surface area contributed by atoms with Crippen LogP contribution in [-0.2, 0) is 6.42 Å². The van der Waals surface area contributed by atoms with E-state index in [-0.39, 0.29) is 40.8 Å². The van der Waals surface area contributed by atoms with Gasteiger partial charge >= 0.3 is 0 Å². The van der Waals surface area contributed by atoms with Crippen LogP contribution in [0.15, 0.2) is 60.7 Å². The van der Waals surface area contributed by atoms with Gasteiger partial charge in [0.25, 0.3) is 0 Å². The number of carbonyl (C=O) groups excluding carboxylic acids is 1. The van der Waals surface area contributed by atoms with E-state index in [9.17, 15) is 20.1 Å². The molecule has 0 saturated heterocycles. The number of phenols is 3. The van der Waals surface area contributed by atoms with Crippen LogP contribution in [0.1, 0.15) is 39.6 Å². The van der Waals surface area contributed by atoms with E-state index in [1.165, 1.54) is 18.2 Å². The second-order valence-corrected chi connectivity index (χ2v) is 6.59. The van der Waals surface area contributed by atoms with Crippen molar-refractivity contribution in [3.05, 3.63) is 82.9 Å². The summed E-state index contributed by atoms with van der Waals surface area (Å²) >= 11 is 0. The van der Waals surface area contributed by atoms with Crippen LogP contribution in [0, 0.1) is 0 Å². The van der Waals surface area contributed by atoms with Gasteiger partial charge in [-0.25, -0.2) is 0 Å². The average molecular weight is 362 g/mol. The van der Waals surface area contributed by atoms with Gasteiger partial charge in [0.2, 0.25) is 0 Å². The summed E-state index contributed by atoms with van der Waals surface area (Å²) in [7, 11) is 0. The van der Waals surface area contributed by atoms with E-state index in [1.807, 2.05) is 30.3 Å². The molecule has 0 radical (unpaired) electrons. The van der Waals surface area contributed by atoms with Crippen LogP contribution in [0.25, 0.3) is 0 Å². The van der Waals surface area contributed by atoms with Gasteiger partial charge in [-0.2, -0.15) is 0 Å². The van der Waals surface area contributed by atoms with Gasteiger partial charge in [0.15, 0.2) is 5.78 Å². The predicted molar refractivity (Wildman–Crippen MR) is 99.4 cm³/mol. The highest BCUT2D eigenvalue weighted by atomic mass is 16.5. The van der Waals surface area contributed by atoms with Gasteiger partial charge in [-0.15, -0.1) is 0 Å². The number of fused-ring (bicyclic) bond motifs is 1. The number of ether oxygens (including phenoxy) is 1. The lowest BCUT2D eigenvalue weighted by molar-refractivity contribution is 0.0842. The zero-order valence-electron chi connectivity index (χ0n) is 14.4. The largest absolute Gasteiger partial charge is 0.508 e. The third kappa shape index (κ3) is 3.19. The number of carbonyl (C=O) groups is 1. The van der Waals surface area contributed by atoms with Crippen molar-refractivity contribution in [2.45, 2.75) is 18.9 Å². The summed E-state index contributed by atoms with van der Waals surface area (Å²) in [6.07, 6.45) is -0.118. The van der Waals surface area contributed by atoms with Gasteiger partial charge in [-0.3, -0.25) is 4.79 Å². The summed E-state index contributed by atoms with van der Waals surface area (Å²) in [5.41, 5.74) is 2.25. The minimum absolute atomic E-state index is 0.0703. The highest BCUT2D eigenvalue weighted by Crippen LogP contribution is 2.46. The molecule has 0 saturated carbocycles. The fraction of sp³-hybridized carbons (Fsp3) is 0.136. The van der Waals surface area contributed by atoms with Crippen LogP contribution in [0.4, 0.5) is 0 Å². The number of aromatic hydroxyl groups is 3. The molecular formula is C22H18O5. The van der Waals surface area contributed by atoms with E-state index in [0.717, 1.165) is 11.1 Å². The first-order chi connectivity index (χ1) is 13.0. The number of benzene rings is 3. The topological polar surface area (TPSA) is 87.0 Å². The molecule has 3 N–H and O–H groups in total. The number of hydrogen-bond acceptors (Lipinski definition) is 5. The highest BCUT2D eigenvalue weighted by Gasteiger charge is 2.33. The Bertz CT molecular complexity index is 993. The van der Waals surface area contributed by atoms with E-state index in [2.05, 4.69) is 0 Å². The van der Waals surface area contributed by atoms with E-state index in [1.54, 1.807) is 12.1 Å². The Morgan fingerprint density at radius 3 is 2.33 bits per heavy atom. The third-order valence-electron chi connectivity index (χ3n) is 4.74. The maximum Gasteiger partial charge on any atom is 0.174 e. The molecule has 1 aliphatic heterocycles. The van der Waals surface area contributed by atoms with Gasteiger partial charge in [-0.05, 0) is 23.3 Å². The number of hydrogen-bond donors (Lipinski definition) is 3. The lowest BCUT2D eigenvalue weighted by atomic mass is 9.91. The third-order valence-corrected chi connectivity index (χ3v) is 4.74. The Morgan fingerprint density at radius 2 is 1.63 bits per heavy atom. The van der Waals surface area contributed by atoms with E-state index in [4.69, 9.17) is 4.74 Å². The Kier molecular flexibility index (Phi) is 4.20. The molecule has 27 heavy (non-hydrogen) atoms. The zero-order chi connectivity index (χ0) is 19.0. The molecule has 1 aliphatic rings. The fourth-order valence-electron chi connectivity index (χ4n) is 3.37. The number of phenolic OH excluding ortho intramolecular Hbond substituents is 3. The maximum atomic E-state index is 12.7. The maximum absolute atomic E-state index is 12.7. The number of ketones is 1. The molecule has 5 heteroatoms. The molecule has 136 valence electrons. The van der Waals surface area contributed by atoms with Crippen LogP contribution in [0.2, 0.25) is 0 Å². The fourth-order valence-corrected chi connectivity index (χ4v) is 3.37. The van der Waals surface area contributed by atoms with Crippen molar-refractivity contribution < 1.29 is 24.9 Å². The Morgan fingerprint density at radius 1 is 0.926 bits per heavy atom. The Balaban J connectivity index is 1.78. The van der Waals surface area contributed by atoms with Crippen LogP contribution in [0.5, 0.6) is 23.0 Å². The molecule has 0 spiro atoms. The minimum Gasteiger partial charge on any atom is -0.508 e. The lowest BCUT2D eigenvalue weighted by Crippen LogP contribution is -2.21. The van der Waals surface area contributed by atoms with Crippen molar-refractivity contribution >= 4 is 5.78 Å². The smallest absolute Gasteiger partial charge is 0.174 e. The standard InChI is InChI=1S/C22H18O5/c23-15-8-6-14(7-9-15)20-12-19(26)21-18(25)11-17(24)16(22(21)27-20)10-13-4-2-1-3-5-13/h1-9,11,20,23-25H,10,12H2/t20-/m0/s1. The summed E-state index contributed by atoms with van der Waals surface area (Å²) in [4.78, 5) is 12.7. The molecule has 4 rings (SSSR count).